The third-order valence-electron chi connectivity index (χ3n) is 5.25. The van der Waals surface area contributed by atoms with Crippen LogP contribution in [0, 0.1) is 6.92 Å². The molecule has 7 nitrogen and oxygen atoms in total. The minimum atomic E-state index is -1.68. The maximum absolute atomic E-state index is 13.0. The van der Waals surface area contributed by atoms with Crippen LogP contribution in [0.2, 0.25) is 0 Å². The Balaban J connectivity index is 1.74. The van der Waals surface area contributed by atoms with E-state index in [9.17, 15) is 19.5 Å². The number of aryl methyl sites for hydroxylation is 1. The number of aliphatic hydroxyl groups excluding tert-OH is 1. The number of morpholine rings is 1. The predicted octanol–water partition coefficient (Wildman–Crippen LogP) is 2.51. The fourth-order valence-electron chi connectivity index (χ4n) is 3.40. The van der Waals surface area contributed by atoms with E-state index in [1.807, 2.05) is 24.3 Å². The lowest BCUT2D eigenvalue weighted by molar-refractivity contribution is -0.163. The summed E-state index contributed by atoms with van der Waals surface area (Å²) in [6, 6.07) is 4.84. The maximum Gasteiger partial charge on any atom is 0.259 e. The molecule has 1 aliphatic heterocycles. The second-order valence-electron chi connectivity index (χ2n) is 7.28. The van der Waals surface area contributed by atoms with Crippen molar-refractivity contribution >= 4 is 23.8 Å². The van der Waals surface area contributed by atoms with E-state index in [4.69, 9.17) is 4.74 Å². The van der Waals surface area contributed by atoms with E-state index in [1.54, 1.807) is 24.0 Å². The third kappa shape index (κ3) is 4.75. The average Bonchev–Trinajstić information content (AvgIpc) is 3.00. The van der Waals surface area contributed by atoms with Crippen molar-refractivity contribution in [1.82, 2.24) is 4.90 Å². The van der Waals surface area contributed by atoms with Gasteiger partial charge in [-0.2, -0.15) is 0 Å². The Hall–Kier alpha value is -3.03. The number of aliphatic hydroxyl groups is 1. The zero-order chi connectivity index (χ0) is 21.7. The highest BCUT2D eigenvalue weighted by Gasteiger charge is 2.39. The number of carbonyl (C=O) groups is 3. The molecule has 0 unspecified atom stereocenters. The van der Waals surface area contributed by atoms with E-state index >= 15 is 0 Å². The predicted molar refractivity (Wildman–Crippen MR) is 113 cm³/mol. The van der Waals surface area contributed by atoms with Gasteiger partial charge in [0, 0.05) is 23.5 Å². The monoisotopic (exact) mass is 410 g/mol. The van der Waals surface area contributed by atoms with Crippen molar-refractivity contribution in [3.63, 3.8) is 0 Å². The van der Waals surface area contributed by atoms with Gasteiger partial charge in [0.05, 0.1) is 6.61 Å². The summed E-state index contributed by atoms with van der Waals surface area (Å²) in [7, 11) is 0. The molecular formula is C23H26N2O5. The lowest BCUT2D eigenvalue weighted by Crippen LogP contribution is -2.54. The normalized spacial score (nSPS) is 20.2. The van der Waals surface area contributed by atoms with Crippen LogP contribution in [0.3, 0.4) is 0 Å². The maximum atomic E-state index is 13.0. The highest BCUT2D eigenvalue weighted by molar-refractivity contribution is 5.99. The van der Waals surface area contributed by atoms with E-state index < -0.39 is 24.0 Å². The quantitative estimate of drug-likeness (QED) is 0.703. The number of hydrogen-bond donors (Lipinski definition) is 2. The first-order valence-electron chi connectivity index (χ1n) is 9.98. The molecule has 158 valence electrons. The molecular weight excluding hydrogens is 384 g/mol. The molecule has 1 aromatic carbocycles. The van der Waals surface area contributed by atoms with Crippen molar-refractivity contribution in [3.8, 4) is 0 Å². The summed E-state index contributed by atoms with van der Waals surface area (Å²) in [5.74, 6) is -1.23. The van der Waals surface area contributed by atoms with Gasteiger partial charge in [-0.3, -0.25) is 14.4 Å². The van der Waals surface area contributed by atoms with Crippen molar-refractivity contribution in [1.29, 1.82) is 0 Å². The number of amides is 2. The van der Waals surface area contributed by atoms with E-state index in [2.05, 4.69) is 12.2 Å². The number of anilines is 1. The molecule has 2 N–H and O–H groups in total. The Morgan fingerprint density at radius 2 is 2.23 bits per heavy atom. The Morgan fingerprint density at radius 3 is 2.97 bits per heavy atom. The van der Waals surface area contributed by atoms with Crippen molar-refractivity contribution < 1.29 is 24.2 Å². The number of nitrogens with zero attached hydrogens (tertiary/aromatic N) is 1. The molecule has 1 aliphatic carbocycles. The fourth-order valence-corrected chi connectivity index (χ4v) is 3.40. The van der Waals surface area contributed by atoms with Crippen LogP contribution in [-0.2, 0) is 14.3 Å². The molecule has 7 heteroatoms. The smallest absolute Gasteiger partial charge is 0.259 e. The zero-order valence-corrected chi connectivity index (χ0v) is 17.1. The van der Waals surface area contributed by atoms with Crippen LogP contribution in [-0.4, -0.2) is 53.5 Å². The Labute approximate surface area is 175 Å². The van der Waals surface area contributed by atoms with E-state index in [0.29, 0.717) is 24.1 Å². The molecule has 1 heterocycles. The molecule has 2 aliphatic rings. The fraction of sp³-hybridized carbons (Fsp3) is 0.348. The molecule has 1 saturated heterocycles. The highest BCUT2D eigenvalue weighted by atomic mass is 16.5. The molecule has 2 atom stereocenters. The second kappa shape index (κ2) is 9.65. The molecule has 0 spiro atoms. The van der Waals surface area contributed by atoms with E-state index in [0.717, 1.165) is 24.1 Å². The van der Waals surface area contributed by atoms with Crippen LogP contribution in [0.5, 0.6) is 0 Å². The second-order valence-corrected chi connectivity index (χ2v) is 7.28. The topological polar surface area (TPSA) is 95.9 Å². The standard InChI is InChI=1S/C23H26N2O5/c1-3-16-6-4-5-7-19(12-16)25-10-11-30-21(23(25)29)20(27)22(28)24-18-9-8-15(2)17(13-18)14-26/h4-5,7-9,12-14,20-21,27H,3,6,10-11H2,1-2H3,(H,24,28)/t20-,21-/m1/s1. The van der Waals surface area contributed by atoms with Crippen LogP contribution in [0.15, 0.2) is 53.8 Å². The van der Waals surface area contributed by atoms with Gasteiger partial charge >= 0.3 is 0 Å². The third-order valence-corrected chi connectivity index (χ3v) is 5.25. The number of hydrogen-bond acceptors (Lipinski definition) is 5. The van der Waals surface area contributed by atoms with E-state index in [-0.39, 0.29) is 6.61 Å². The molecule has 0 bridgehead atoms. The number of allylic oxidation sites excluding steroid dienone is 5. The minimum absolute atomic E-state index is 0.205. The Bertz CT molecular complexity index is 932. The van der Waals surface area contributed by atoms with Crippen molar-refractivity contribution in [2.75, 3.05) is 18.5 Å². The minimum Gasteiger partial charge on any atom is -0.380 e. The Morgan fingerprint density at radius 1 is 1.43 bits per heavy atom. The van der Waals surface area contributed by atoms with Gasteiger partial charge < -0.3 is 20.1 Å². The summed E-state index contributed by atoms with van der Waals surface area (Å²) in [4.78, 5) is 38.2. The van der Waals surface area contributed by atoms with Gasteiger partial charge in [0.25, 0.3) is 11.8 Å². The summed E-state index contributed by atoms with van der Waals surface area (Å²) in [6.07, 6.45) is 7.15. The Kier molecular flexibility index (Phi) is 6.97. The lowest BCUT2D eigenvalue weighted by Gasteiger charge is -2.34. The number of benzene rings is 1. The van der Waals surface area contributed by atoms with Gasteiger partial charge in [0.2, 0.25) is 0 Å². The summed E-state index contributed by atoms with van der Waals surface area (Å²) in [6.45, 7) is 4.39. The summed E-state index contributed by atoms with van der Waals surface area (Å²) < 4.78 is 5.46. The zero-order valence-electron chi connectivity index (χ0n) is 17.1. The summed E-state index contributed by atoms with van der Waals surface area (Å²) in [5, 5.41) is 13.1. The number of aldehydes is 1. The van der Waals surface area contributed by atoms with Crippen molar-refractivity contribution in [2.45, 2.75) is 38.9 Å². The molecule has 0 radical (unpaired) electrons. The first-order valence-corrected chi connectivity index (χ1v) is 9.98. The average molecular weight is 410 g/mol. The van der Waals surface area contributed by atoms with Crippen molar-refractivity contribution in [2.24, 2.45) is 0 Å². The highest BCUT2D eigenvalue weighted by Crippen LogP contribution is 2.23. The number of carbonyl (C=O) groups excluding carboxylic acids is 3. The van der Waals surface area contributed by atoms with Crippen LogP contribution in [0.1, 0.15) is 35.7 Å². The van der Waals surface area contributed by atoms with Crippen LogP contribution in [0.25, 0.3) is 0 Å². The van der Waals surface area contributed by atoms with Crippen LogP contribution < -0.4 is 5.32 Å². The number of rotatable bonds is 6. The molecule has 0 aromatic heterocycles. The first kappa shape index (κ1) is 21.7. The van der Waals surface area contributed by atoms with Gasteiger partial charge in [0.1, 0.15) is 6.29 Å². The molecule has 0 saturated carbocycles. The number of ether oxygens (including phenoxy) is 1. The van der Waals surface area contributed by atoms with Gasteiger partial charge in [-0.1, -0.05) is 30.7 Å². The van der Waals surface area contributed by atoms with Gasteiger partial charge in [-0.15, -0.1) is 0 Å². The van der Waals surface area contributed by atoms with Gasteiger partial charge in [0.15, 0.2) is 12.2 Å². The van der Waals surface area contributed by atoms with Crippen LogP contribution in [0.4, 0.5) is 5.69 Å². The molecule has 3 rings (SSSR count). The molecule has 30 heavy (non-hydrogen) atoms. The SMILES string of the molecule is CCC1=CC(N2CCO[C@H]([C@@H](O)C(=O)Nc3ccc(C)c(C=O)c3)C2=O)=CC=CC1. The molecule has 1 aromatic rings. The number of nitrogens with one attached hydrogen (secondary N) is 1. The summed E-state index contributed by atoms with van der Waals surface area (Å²) in [5.41, 5.74) is 3.48. The largest absolute Gasteiger partial charge is 0.380 e. The van der Waals surface area contributed by atoms with Gasteiger partial charge in [-0.25, -0.2) is 0 Å². The lowest BCUT2D eigenvalue weighted by atomic mass is 10.1. The van der Waals surface area contributed by atoms with Gasteiger partial charge in [-0.05, 0) is 49.6 Å². The first-order chi connectivity index (χ1) is 14.4. The molecule has 1 fully saturated rings. The van der Waals surface area contributed by atoms with Crippen LogP contribution >= 0.6 is 0 Å². The molecule has 2 amide bonds. The van der Waals surface area contributed by atoms with Crippen molar-refractivity contribution in [3.05, 3.63) is 64.9 Å². The summed E-state index contributed by atoms with van der Waals surface area (Å²) >= 11 is 0. The van der Waals surface area contributed by atoms with E-state index in [1.165, 1.54) is 11.6 Å².